The van der Waals surface area contributed by atoms with Gasteiger partial charge in [0.2, 0.25) is 11.7 Å². The van der Waals surface area contributed by atoms with Gasteiger partial charge < -0.3 is 24.8 Å². The summed E-state index contributed by atoms with van der Waals surface area (Å²) < 4.78 is 74.4. The number of nitrogens with zero attached hydrogens (tertiary/aromatic N) is 5. The van der Waals surface area contributed by atoms with Gasteiger partial charge in [0.15, 0.2) is 5.82 Å². The van der Waals surface area contributed by atoms with E-state index in [2.05, 4.69) is 26.8 Å². The Bertz CT molecular complexity index is 1750. The monoisotopic (exact) mass is 663 g/mol. The smallest absolute Gasteiger partial charge is 0.310 e. The Labute approximate surface area is 253 Å². The first-order valence-corrected chi connectivity index (χ1v) is 16.5. The lowest BCUT2D eigenvalue weighted by Gasteiger charge is -2.43. The summed E-state index contributed by atoms with van der Waals surface area (Å²) in [5.74, 6) is -0.209. The molecular weight excluding hydrogens is 633 g/mol. The van der Waals surface area contributed by atoms with E-state index in [1.807, 2.05) is 11.8 Å². The third-order valence-corrected chi connectivity index (χ3v) is 9.82. The zero-order valence-corrected chi connectivity index (χ0v) is 25.3. The van der Waals surface area contributed by atoms with Crippen LogP contribution < -0.4 is 21.1 Å². The first kappa shape index (κ1) is 30.8. The minimum absolute atomic E-state index is 0.0960. The van der Waals surface area contributed by atoms with E-state index < -0.39 is 32.6 Å². The molecule has 0 saturated carbocycles. The Hall–Kier alpha value is -3.21. The van der Waals surface area contributed by atoms with Gasteiger partial charge >= 0.3 is 10.2 Å². The van der Waals surface area contributed by atoms with E-state index in [9.17, 15) is 29.0 Å². The van der Waals surface area contributed by atoms with Crippen LogP contribution in [0.25, 0.3) is 11.4 Å². The van der Waals surface area contributed by atoms with Crippen LogP contribution in [0.5, 0.6) is 0 Å². The summed E-state index contributed by atoms with van der Waals surface area (Å²) in [6.07, 6.45) is 4.82. The van der Waals surface area contributed by atoms with Crippen LogP contribution in [-0.4, -0.2) is 64.5 Å². The minimum Gasteiger partial charge on any atom is -0.380 e. The van der Waals surface area contributed by atoms with Crippen molar-refractivity contribution in [3.8, 4) is 0 Å². The molecule has 3 aliphatic rings. The van der Waals surface area contributed by atoms with Gasteiger partial charge in [0.1, 0.15) is 17.1 Å². The number of piperazine rings is 1. The van der Waals surface area contributed by atoms with Gasteiger partial charge in [0, 0.05) is 31.6 Å². The predicted octanol–water partition coefficient (Wildman–Crippen LogP) is 5.40. The highest BCUT2D eigenvalue weighted by atomic mass is 35.5. The molecule has 1 aromatic carbocycles. The number of carbonyl (C=O) groups is 1. The number of nitrogens with one attached hydrogen (secondary N) is 2. The molecule has 1 amide bonds. The molecule has 2 N–H and O–H groups in total. The number of carbonyl (C=O) groups excluding carboxylic acids is 1. The molecule has 0 unspecified atom stereocenters. The SMILES string of the molecule is CCc1c(N2CCNCC2)c(=O)n2nc(C3=CCC4(CC3)COC4)nc2n1CC(=O)Nc1ccc(S(F)(F)(F)(F)F)cc1Cl. The average Bonchev–Trinajstić information content (AvgIpc) is 3.40. The molecule has 1 aliphatic carbocycles. The fourth-order valence-corrected chi connectivity index (χ4v) is 6.88. The molecule has 6 rings (SSSR count). The molecule has 17 heteroatoms. The number of rotatable bonds is 7. The molecule has 4 heterocycles. The number of benzene rings is 1. The van der Waals surface area contributed by atoms with Crippen LogP contribution in [0.2, 0.25) is 5.02 Å². The summed E-state index contributed by atoms with van der Waals surface area (Å²) in [6, 6.07) is 0.966. The highest BCUT2D eigenvalue weighted by molar-refractivity contribution is 8.45. The number of fused-ring (bicyclic) bond motifs is 1. The topological polar surface area (TPSA) is 106 Å². The van der Waals surface area contributed by atoms with E-state index in [0.717, 1.165) is 18.4 Å². The first-order chi connectivity index (χ1) is 20.6. The standard InChI is InChI=1S/C27H31ClF5N7O3S/c1-2-21-23(38-11-9-34-10-12-38)25(42)40-26(36-24(37-40)17-5-7-27(8-6-17)15-43-16-27)39(21)14-22(41)35-20-4-3-18(13-19(20)28)44(29,30,31,32)33/h3-5,13,34H,2,6-12,14-16H2,1H3,(H,35,41). The number of halogens is 6. The van der Waals surface area contributed by atoms with Gasteiger partial charge in [-0.2, -0.15) is 9.50 Å². The van der Waals surface area contributed by atoms with E-state index in [4.69, 9.17) is 16.3 Å². The lowest BCUT2D eigenvalue weighted by molar-refractivity contribution is -0.116. The van der Waals surface area contributed by atoms with Crippen LogP contribution in [0.4, 0.5) is 30.8 Å². The van der Waals surface area contributed by atoms with Crippen molar-refractivity contribution in [1.82, 2.24) is 24.5 Å². The number of anilines is 2. The van der Waals surface area contributed by atoms with Crippen molar-refractivity contribution in [2.45, 2.75) is 44.0 Å². The highest BCUT2D eigenvalue weighted by Gasteiger charge is 2.65. The van der Waals surface area contributed by atoms with Crippen LogP contribution >= 0.6 is 21.8 Å². The summed E-state index contributed by atoms with van der Waals surface area (Å²) in [5, 5.41) is 9.53. The van der Waals surface area contributed by atoms with Gasteiger partial charge in [0.05, 0.1) is 29.6 Å². The van der Waals surface area contributed by atoms with Gasteiger partial charge in [-0.1, -0.05) is 44.0 Å². The van der Waals surface area contributed by atoms with Crippen LogP contribution in [0.15, 0.2) is 34.0 Å². The summed E-state index contributed by atoms with van der Waals surface area (Å²) in [5.41, 5.74) is 1.29. The number of hydrogen-bond acceptors (Lipinski definition) is 7. The Kier molecular flexibility index (Phi) is 7.11. The molecule has 0 radical (unpaired) electrons. The van der Waals surface area contributed by atoms with Gasteiger partial charge in [-0.15, -0.1) is 5.10 Å². The van der Waals surface area contributed by atoms with Crippen molar-refractivity contribution in [2.75, 3.05) is 49.6 Å². The molecule has 1 spiro atoms. The van der Waals surface area contributed by atoms with Crippen LogP contribution in [0.1, 0.15) is 37.7 Å². The number of aromatic nitrogens is 4. The molecule has 2 aromatic heterocycles. The molecule has 240 valence electrons. The number of amides is 1. The Balaban J connectivity index is 1.38. The fraction of sp³-hybridized carbons (Fsp3) is 0.481. The second-order valence-corrected chi connectivity index (χ2v) is 14.3. The Morgan fingerprint density at radius 3 is 2.48 bits per heavy atom. The lowest BCUT2D eigenvalue weighted by atomic mass is 9.73. The fourth-order valence-electron chi connectivity index (χ4n) is 5.92. The van der Waals surface area contributed by atoms with E-state index in [1.165, 1.54) is 4.52 Å². The molecule has 2 saturated heterocycles. The molecule has 10 nitrogen and oxygen atoms in total. The second-order valence-electron chi connectivity index (χ2n) is 11.5. The zero-order chi connectivity index (χ0) is 31.6. The van der Waals surface area contributed by atoms with Crippen LogP contribution in [-0.2, 0) is 22.5 Å². The van der Waals surface area contributed by atoms with Crippen molar-refractivity contribution < 1.29 is 29.0 Å². The van der Waals surface area contributed by atoms with Gasteiger partial charge in [-0.05, 0) is 49.5 Å². The average molecular weight is 664 g/mol. The van der Waals surface area contributed by atoms with Gasteiger partial charge in [-0.3, -0.25) is 9.59 Å². The molecule has 3 aromatic rings. The van der Waals surface area contributed by atoms with Crippen LogP contribution in [0.3, 0.4) is 0 Å². The lowest BCUT2D eigenvalue weighted by Crippen LogP contribution is -2.47. The van der Waals surface area contributed by atoms with Gasteiger partial charge in [0.25, 0.3) is 5.56 Å². The molecule has 0 atom stereocenters. The minimum atomic E-state index is -9.97. The van der Waals surface area contributed by atoms with Crippen molar-refractivity contribution in [3.05, 3.63) is 51.2 Å². The summed E-state index contributed by atoms with van der Waals surface area (Å²) in [4.78, 5) is 31.7. The molecule has 2 aliphatic heterocycles. The Morgan fingerprint density at radius 1 is 1.18 bits per heavy atom. The summed E-state index contributed by atoms with van der Waals surface area (Å²) in [6.45, 7) is 5.23. The largest absolute Gasteiger partial charge is 0.380 e. The van der Waals surface area contributed by atoms with Crippen molar-refractivity contribution in [1.29, 1.82) is 0 Å². The third-order valence-electron chi connectivity index (χ3n) is 8.37. The Morgan fingerprint density at radius 2 is 1.91 bits per heavy atom. The van der Waals surface area contributed by atoms with Crippen LogP contribution in [0, 0.1) is 5.41 Å². The van der Waals surface area contributed by atoms with E-state index in [-0.39, 0.29) is 34.6 Å². The van der Waals surface area contributed by atoms with Crippen molar-refractivity contribution in [3.63, 3.8) is 0 Å². The molecule has 0 bridgehead atoms. The number of hydrogen-bond donors (Lipinski definition) is 2. The third kappa shape index (κ3) is 5.79. The quantitative estimate of drug-likeness (QED) is 0.327. The number of allylic oxidation sites excluding steroid dienone is 2. The molecule has 44 heavy (non-hydrogen) atoms. The maximum Gasteiger partial charge on any atom is 0.310 e. The van der Waals surface area contributed by atoms with E-state index >= 15 is 0 Å². The normalized spacial score (nSPS) is 20.2. The van der Waals surface area contributed by atoms with E-state index in [1.54, 1.807) is 4.57 Å². The first-order valence-electron chi connectivity index (χ1n) is 14.2. The van der Waals surface area contributed by atoms with Gasteiger partial charge in [-0.25, -0.2) is 0 Å². The zero-order valence-electron chi connectivity index (χ0n) is 23.7. The maximum absolute atomic E-state index is 13.9. The summed E-state index contributed by atoms with van der Waals surface area (Å²) >= 11 is 5.90. The summed E-state index contributed by atoms with van der Waals surface area (Å²) in [7, 11) is -9.97. The van der Waals surface area contributed by atoms with E-state index in [0.29, 0.717) is 75.5 Å². The second kappa shape index (κ2) is 10.2. The number of ether oxygens (including phenoxy) is 1. The predicted molar refractivity (Wildman–Crippen MR) is 158 cm³/mol. The molecule has 2 fully saturated rings. The maximum atomic E-state index is 13.9. The highest BCUT2D eigenvalue weighted by Crippen LogP contribution is 3.02. The van der Waals surface area contributed by atoms with Crippen molar-refractivity contribution >= 4 is 50.5 Å². The van der Waals surface area contributed by atoms with Crippen molar-refractivity contribution in [2.24, 2.45) is 5.41 Å². The molecular formula is C27H31ClF5N7O3S.